The second kappa shape index (κ2) is 7.31. The Bertz CT molecular complexity index is 942. The number of nitrogens with one attached hydrogen (secondary N) is 1. The number of hydrogen-bond donors (Lipinski definition) is 2. The van der Waals surface area contributed by atoms with Crippen LogP contribution in [0.25, 0.3) is 11.0 Å². The number of ether oxygens (including phenoxy) is 1. The van der Waals surface area contributed by atoms with E-state index in [9.17, 15) is 4.79 Å². The van der Waals surface area contributed by atoms with Gasteiger partial charge in [0.05, 0.1) is 12.5 Å². The largest absolute Gasteiger partial charge is 0.481 e. The molecule has 0 aliphatic rings. The van der Waals surface area contributed by atoms with Gasteiger partial charge in [0.1, 0.15) is 0 Å². The first kappa shape index (κ1) is 18.2. The van der Waals surface area contributed by atoms with Gasteiger partial charge in [-0.05, 0) is 43.7 Å². The molecule has 0 atom stereocenters. The van der Waals surface area contributed by atoms with E-state index in [-0.39, 0.29) is 0 Å². The van der Waals surface area contributed by atoms with E-state index < -0.39 is 11.3 Å². The second-order valence-electron chi connectivity index (χ2n) is 6.23. The van der Waals surface area contributed by atoms with Crippen LogP contribution in [-0.4, -0.2) is 28.2 Å². The fourth-order valence-corrected chi connectivity index (χ4v) is 3.45. The number of pyridine rings is 2. The summed E-state index contributed by atoms with van der Waals surface area (Å²) in [5, 5.41) is 9.84. The van der Waals surface area contributed by atoms with E-state index in [4.69, 9.17) is 9.94 Å². The molecule has 0 spiro atoms. The highest BCUT2D eigenvalue weighted by atomic mass is 32.2. The number of hydrogen-bond acceptors (Lipinski definition) is 6. The van der Waals surface area contributed by atoms with Gasteiger partial charge in [0, 0.05) is 27.4 Å². The minimum absolute atomic E-state index is 0.446. The highest BCUT2D eigenvalue weighted by Gasteiger charge is 2.29. The highest BCUT2D eigenvalue weighted by molar-refractivity contribution is 7.99. The first-order valence-corrected chi connectivity index (χ1v) is 8.80. The zero-order valence-electron chi connectivity index (χ0n) is 14.7. The van der Waals surface area contributed by atoms with Crippen LogP contribution in [0.15, 0.2) is 58.5 Å². The molecule has 2 aromatic heterocycles. The van der Waals surface area contributed by atoms with Crippen LogP contribution in [0.3, 0.4) is 0 Å². The third kappa shape index (κ3) is 3.49. The maximum absolute atomic E-state index is 11.8. The highest BCUT2D eigenvalue weighted by Crippen LogP contribution is 2.34. The molecule has 1 aromatic carbocycles. The molecule has 2 heterocycles. The maximum Gasteiger partial charge on any atom is 0.253 e. The van der Waals surface area contributed by atoms with Crippen molar-refractivity contribution in [3.8, 4) is 5.88 Å². The fraction of sp³-hybridized carbons (Fsp3) is 0.211. The number of rotatable bonds is 5. The number of amides is 1. The lowest BCUT2D eigenvalue weighted by Gasteiger charge is -2.22. The smallest absolute Gasteiger partial charge is 0.253 e. The standard InChI is InChI=1S/C19H19N3O3S/c1-19(2,18(23)22-24)12-4-6-13(7-5-12)26-15-10-11-20-17-14(15)8-9-16(21-17)25-3/h4-11,24H,1-3H3,(H,22,23). The molecular formula is C19H19N3O3S. The number of methoxy groups -OCH3 is 1. The van der Waals surface area contributed by atoms with Gasteiger partial charge in [0.2, 0.25) is 5.88 Å². The summed E-state index contributed by atoms with van der Waals surface area (Å²) >= 11 is 1.59. The Balaban J connectivity index is 1.88. The van der Waals surface area contributed by atoms with Crippen LogP contribution >= 0.6 is 11.8 Å². The molecule has 3 aromatic rings. The molecule has 2 N–H and O–H groups in total. The summed E-state index contributed by atoms with van der Waals surface area (Å²) in [6, 6.07) is 13.4. The zero-order valence-corrected chi connectivity index (χ0v) is 15.5. The van der Waals surface area contributed by atoms with Gasteiger partial charge in [-0.3, -0.25) is 10.0 Å². The normalized spacial score (nSPS) is 11.4. The summed E-state index contributed by atoms with van der Waals surface area (Å²) in [4.78, 5) is 22.5. The molecule has 0 saturated carbocycles. The van der Waals surface area contributed by atoms with Gasteiger partial charge in [-0.1, -0.05) is 23.9 Å². The summed E-state index contributed by atoms with van der Waals surface area (Å²) in [5.41, 5.74) is 2.35. The quantitative estimate of drug-likeness (QED) is 0.528. The van der Waals surface area contributed by atoms with Crippen molar-refractivity contribution in [2.45, 2.75) is 29.1 Å². The predicted molar refractivity (Wildman–Crippen MR) is 99.6 cm³/mol. The molecule has 6 nitrogen and oxygen atoms in total. The lowest BCUT2D eigenvalue weighted by atomic mass is 9.84. The Hall–Kier alpha value is -2.64. The predicted octanol–water partition coefficient (Wildman–Crippen LogP) is 3.57. The van der Waals surface area contributed by atoms with Crippen molar-refractivity contribution >= 4 is 28.7 Å². The summed E-state index contributed by atoms with van der Waals surface area (Å²) in [7, 11) is 1.58. The SMILES string of the molecule is COc1ccc2c(Sc3ccc(C(C)(C)C(=O)NO)cc3)ccnc2n1. The minimum Gasteiger partial charge on any atom is -0.481 e. The number of aromatic nitrogens is 2. The van der Waals surface area contributed by atoms with Gasteiger partial charge in [0.15, 0.2) is 5.65 Å². The molecule has 0 aliphatic carbocycles. The van der Waals surface area contributed by atoms with Gasteiger partial charge < -0.3 is 4.74 Å². The average Bonchev–Trinajstić information content (AvgIpc) is 2.67. The Labute approximate surface area is 155 Å². The first-order valence-electron chi connectivity index (χ1n) is 7.98. The molecule has 0 radical (unpaired) electrons. The Morgan fingerprint density at radius 1 is 1.15 bits per heavy atom. The van der Waals surface area contributed by atoms with Crippen molar-refractivity contribution < 1.29 is 14.7 Å². The number of carbonyl (C=O) groups excluding carboxylic acids is 1. The summed E-state index contributed by atoms with van der Waals surface area (Å²) in [6.45, 7) is 3.52. The fourth-order valence-electron chi connectivity index (χ4n) is 2.53. The molecule has 0 unspecified atom stereocenters. The third-order valence-electron chi connectivity index (χ3n) is 4.22. The second-order valence-corrected chi connectivity index (χ2v) is 7.34. The van der Waals surface area contributed by atoms with Crippen molar-refractivity contribution in [3.05, 3.63) is 54.2 Å². The lowest BCUT2D eigenvalue weighted by Crippen LogP contribution is -2.38. The molecule has 26 heavy (non-hydrogen) atoms. The van der Waals surface area contributed by atoms with Gasteiger partial charge in [0.25, 0.3) is 5.91 Å². The van der Waals surface area contributed by atoms with Crippen LogP contribution in [0.2, 0.25) is 0 Å². The molecular weight excluding hydrogens is 350 g/mol. The van der Waals surface area contributed by atoms with Crippen molar-refractivity contribution in [2.75, 3.05) is 7.11 Å². The van der Waals surface area contributed by atoms with Crippen LogP contribution in [0.4, 0.5) is 0 Å². The van der Waals surface area contributed by atoms with Crippen LogP contribution in [-0.2, 0) is 10.2 Å². The molecule has 134 valence electrons. The van der Waals surface area contributed by atoms with E-state index in [2.05, 4.69) is 9.97 Å². The van der Waals surface area contributed by atoms with Crippen molar-refractivity contribution in [2.24, 2.45) is 0 Å². The Morgan fingerprint density at radius 3 is 2.54 bits per heavy atom. The molecule has 0 aliphatic heterocycles. The third-order valence-corrected chi connectivity index (χ3v) is 5.30. The van der Waals surface area contributed by atoms with E-state index >= 15 is 0 Å². The molecule has 3 rings (SSSR count). The van der Waals surface area contributed by atoms with E-state index in [0.717, 1.165) is 20.7 Å². The van der Waals surface area contributed by atoms with Crippen molar-refractivity contribution in [3.63, 3.8) is 0 Å². The zero-order chi connectivity index (χ0) is 18.7. The van der Waals surface area contributed by atoms with E-state index in [1.807, 2.05) is 42.5 Å². The molecule has 0 saturated heterocycles. The van der Waals surface area contributed by atoms with E-state index in [0.29, 0.717) is 11.5 Å². The van der Waals surface area contributed by atoms with Crippen LogP contribution < -0.4 is 10.2 Å². The lowest BCUT2D eigenvalue weighted by molar-refractivity contribution is -0.134. The topological polar surface area (TPSA) is 84.3 Å². The van der Waals surface area contributed by atoms with Gasteiger partial charge >= 0.3 is 0 Å². The van der Waals surface area contributed by atoms with Crippen LogP contribution in [0.1, 0.15) is 19.4 Å². The minimum atomic E-state index is -0.818. The summed E-state index contributed by atoms with van der Waals surface area (Å²) < 4.78 is 5.15. The number of fused-ring (bicyclic) bond motifs is 1. The van der Waals surface area contributed by atoms with E-state index in [1.165, 1.54) is 0 Å². The van der Waals surface area contributed by atoms with Crippen LogP contribution in [0, 0.1) is 0 Å². The molecule has 7 heteroatoms. The Kier molecular flexibility index (Phi) is 5.11. The van der Waals surface area contributed by atoms with Crippen molar-refractivity contribution in [1.82, 2.24) is 15.4 Å². The summed E-state index contributed by atoms with van der Waals surface area (Å²) in [6.07, 6.45) is 1.72. The molecule has 0 bridgehead atoms. The number of benzene rings is 1. The average molecular weight is 369 g/mol. The number of hydroxylamine groups is 1. The Morgan fingerprint density at radius 2 is 1.88 bits per heavy atom. The molecule has 1 amide bonds. The molecule has 0 fully saturated rings. The van der Waals surface area contributed by atoms with Gasteiger partial charge in [-0.15, -0.1) is 0 Å². The van der Waals surface area contributed by atoms with E-state index in [1.54, 1.807) is 44.4 Å². The number of carbonyl (C=O) groups is 1. The first-order chi connectivity index (χ1) is 12.5. The maximum atomic E-state index is 11.8. The summed E-state index contributed by atoms with van der Waals surface area (Å²) in [5.74, 6) is 0.0824. The van der Waals surface area contributed by atoms with Gasteiger partial charge in [-0.25, -0.2) is 10.5 Å². The van der Waals surface area contributed by atoms with Gasteiger partial charge in [-0.2, -0.15) is 4.98 Å². The number of nitrogens with zero attached hydrogens (tertiary/aromatic N) is 2. The van der Waals surface area contributed by atoms with Crippen LogP contribution in [0.5, 0.6) is 5.88 Å². The van der Waals surface area contributed by atoms with Crippen molar-refractivity contribution in [1.29, 1.82) is 0 Å². The monoisotopic (exact) mass is 369 g/mol.